The van der Waals surface area contributed by atoms with Gasteiger partial charge in [-0.1, -0.05) is 176 Å². The summed E-state index contributed by atoms with van der Waals surface area (Å²) < 4.78 is 0. The van der Waals surface area contributed by atoms with Crippen molar-refractivity contribution >= 4 is 38.6 Å². The Labute approximate surface area is 299 Å². The Hall–Kier alpha value is -6.70. The highest BCUT2D eigenvalue weighted by Gasteiger charge is 2.19. The first-order valence-electron chi connectivity index (χ1n) is 17.5. The maximum absolute atomic E-state index is 2.36. The molecule has 0 unspecified atom stereocenters. The largest absolute Gasteiger partial charge is 0.310 e. The van der Waals surface area contributed by atoms with Crippen LogP contribution in [0.5, 0.6) is 0 Å². The van der Waals surface area contributed by atoms with Crippen LogP contribution in [0, 0.1) is 0 Å². The third kappa shape index (κ3) is 5.75. The zero-order chi connectivity index (χ0) is 34.0. The van der Waals surface area contributed by atoms with Crippen molar-refractivity contribution in [3.8, 4) is 44.5 Å². The molecule has 0 aliphatic rings. The molecule has 0 bridgehead atoms. The van der Waals surface area contributed by atoms with Crippen molar-refractivity contribution in [2.75, 3.05) is 4.90 Å². The minimum absolute atomic E-state index is 1.10. The molecule has 0 amide bonds. The van der Waals surface area contributed by atoms with Crippen LogP contribution in [0.3, 0.4) is 0 Å². The molecule has 0 N–H and O–H groups in total. The molecule has 0 atom stereocenters. The number of fused-ring (bicyclic) bond motifs is 3. The van der Waals surface area contributed by atoms with Crippen molar-refractivity contribution in [3.05, 3.63) is 212 Å². The van der Waals surface area contributed by atoms with E-state index in [0.29, 0.717) is 0 Å². The molecule has 0 saturated heterocycles. The Balaban J connectivity index is 1.21. The molecule has 0 heterocycles. The zero-order valence-electron chi connectivity index (χ0n) is 28.2. The summed E-state index contributed by atoms with van der Waals surface area (Å²) in [7, 11) is 0. The summed E-state index contributed by atoms with van der Waals surface area (Å²) >= 11 is 0. The molecule has 0 spiro atoms. The average molecular weight is 650 g/mol. The molecule has 1 heteroatoms. The van der Waals surface area contributed by atoms with Gasteiger partial charge in [-0.15, -0.1) is 0 Å². The molecular weight excluding hydrogens is 615 g/mol. The molecule has 0 fully saturated rings. The van der Waals surface area contributed by atoms with E-state index in [2.05, 4.69) is 217 Å². The summed E-state index contributed by atoms with van der Waals surface area (Å²) in [6.45, 7) is 0. The van der Waals surface area contributed by atoms with Gasteiger partial charge in [0, 0.05) is 17.1 Å². The molecular formula is C50H35N. The first-order chi connectivity index (χ1) is 25.3. The summed E-state index contributed by atoms with van der Waals surface area (Å²) in [6.07, 6.45) is 0. The summed E-state index contributed by atoms with van der Waals surface area (Å²) in [6, 6.07) is 76.5. The second-order valence-electron chi connectivity index (χ2n) is 12.9. The van der Waals surface area contributed by atoms with Crippen molar-refractivity contribution in [1.82, 2.24) is 0 Å². The minimum Gasteiger partial charge on any atom is -0.310 e. The molecule has 51 heavy (non-hydrogen) atoms. The van der Waals surface area contributed by atoms with Gasteiger partial charge in [0.1, 0.15) is 0 Å². The molecule has 9 rings (SSSR count). The van der Waals surface area contributed by atoms with Gasteiger partial charge in [-0.05, 0) is 102 Å². The Morgan fingerprint density at radius 2 is 0.569 bits per heavy atom. The van der Waals surface area contributed by atoms with Crippen LogP contribution < -0.4 is 4.90 Å². The standard InChI is InChI=1S/C50H35N/c1-4-15-36(16-5-1)38-27-31-42(32-28-38)51(44-22-14-21-41(35-44)37-17-6-2-7-18-37)43-33-29-40(30-34-43)50-48-26-13-11-24-46(48)45-23-10-12-25-47(45)49(50)39-19-8-3-9-20-39/h1-35H. The van der Waals surface area contributed by atoms with Crippen LogP contribution in [0.2, 0.25) is 0 Å². The van der Waals surface area contributed by atoms with E-state index >= 15 is 0 Å². The number of hydrogen-bond acceptors (Lipinski definition) is 1. The summed E-state index contributed by atoms with van der Waals surface area (Å²) in [5.41, 5.74) is 13.0. The lowest BCUT2D eigenvalue weighted by molar-refractivity contribution is 1.28. The van der Waals surface area contributed by atoms with Crippen molar-refractivity contribution in [2.45, 2.75) is 0 Å². The van der Waals surface area contributed by atoms with Gasteiger partial charge in [-0.2, -0.15) is 0 Å². The molecule has 0 aliphatic heterocycles. The van der Waals surface area contributed by atoms with Crippen LogP contribution in [0.4, 0.5) is 17.1 Å². The fourth-order valence-corrected chi connectivity index (χ4v) is 7.46. The van der Waals surface area contributed by atoms with E-state index in [4.69, 9.17) is 0 Å². The highest BCUT2D eigenvalue weighted by Crippen LogP contribution is 2.45. The average Bonchev–Trinajstić information content (AvgIpc) is 3.22. The topological polar surface area (TPSA) is 3.24 Å². The fraction of sp³-hybridized carbons (Fsp3) is 0. The van der Waals surface area contributed by atoms with E-state index in [9.17, 15) is 0 Å². The van der Waals surface area contributed by atoms with E-state index in [0.717, 1.165) is 17.1 Å². The predicted octanol–water partition coefficient (Wildman–Crippen LogP) is 14.1. The highest BCUT2D eigenvalue weighted by atomic mass is 15.1. The van der Waals surface area contributed by atoms with Gasteiger partial charge in [0.15, 0.2) is 0 Å². The van der Waals surface area contributed by atoms with Gasteiger partial charge in [-0.3, -0.25) is 0 Å². The van der Waals surface area contributed by atoms with Gasteiger partial charge in [0.2, 0.25) is 0 Å². The molecule has 240 valence electrons. The maximum Gasteiger partial charge on any atom is 0.0467 e. The molecule has 9 aromatic carbocycles. The molecule has 0 saturated carbocycles. The molecule has 0 aromatic heterocycles. The second kappa shape index (κ2) is 13.3. The first kappa shape index (κ1) is 30.4. The quantitative estimate of drug-likeness (QED) is 0.155. The van der Waals surface area contributed by atoms with Gasteiger partial charge >= 0.3 is 0 Å². The number of rotatable bonds is 7. The highest BCUT2D eigenvalue weighted by molar-refractivity contribution is 6.21. The van der Waals surface area contributed by atoms with Crippen molar-refractivity contribution in [1.29, 1.82) is 0 Å². The number of benzene rings is 9. The molecule has 1 nitrogen and oxygen atoms in total. The summed E-state index contributed by atoms with van der Waals surface area (Å²) in [4.78, 5) is 2.36. The van der Waals surface area contributed by atoms with Crippen molar-refractivity contribution < 1.29 is 0 Å². The minimum atomic E-state index is 1.10. The lowest BCUT2D eigenvalue weighted by Gasteiger charge is -2.27. The molecule has 9 aromatic rings. The first-order valence-corrected chi connectivity index (χ1v) is 17.5. The Kier molecular flexibility index (Phi) is 7.92. The van der Waals surface area contributed by atoms with E-state index in [1.165, 1.54) is 66.1 Å². The van der Waals surface area contributed by atoms with Gasteiger partial charge in [-0.25, -0.2) is 0 Å². The lowest BCUT2D eigenvalue weighted by atomic mass is 9.85. The fourth-order valence-electron chi connectivity index (χ4n) is 7.46. The Bertz CT molecular complexity index is 2590. The van der Waals surface area contributed by atoms with E-state index in [1.54, 1.807) is 0 Å². The number of hydrogen-bond donors (Lipinski definition) is 0. The Morgan fingerprint density at radius 3 is 1.08 bits per heavy atom. The SMILES string of the molecule is c1ccc(-c2ccc(N(c3ccc(-c4c(-c5ccccc5)c5ccccc5c5ccccc45)cc3)c3cccc(-c4ccccc4)c3)cc2)cc1. The van der Waals surface area contributed by atoms with Crippen LogP contribution in [0.15, 0.2) is 212 Å². The Morgan fingerprint density at radius 1 is 0.216 bits per heavy atom. The summed E-state index contributed by atoms with van der Waals surface area (Å²) in [5, 5.41) is 5.06. The normalized spacial score (nSPS) is 11.1. The van der Waals surface area contributed by atoms with Crippen LogP contribution in [0.25, 0.3) is 66.1 Å². The molecule has 0 radical (unpaired) electrons. The zero-order valence-corrected chi connectivity index (χ0v) is 28.2. The van der Waals surface area contributed by atoms with Crippen molar-refractivity contribution in [2.24, 2.45) is 0 Å². The number of nitrogens with zero attached hydrogens (tertiary/aromatic N) is 1. The lowest BCUT2D eigenvalue weighted by Crippen LogP contribution is -2.10. The van der Waals surface area contributed by atoms with Crippen LogP contribution in [-0.2, 0) is 0 Å². The maximum atomic E-state index is 2.36. The van der Waals surface area contributed by atoms with E-state index in [-0.39, 0.29) is 0 Å². The molecule has 0 aliphatic carbocycles. The van der Waals surface area contributed by atoms with E-state index < -0.39 is 0 Å². The second-order valence-corrected chi connectivity index (χ2v) is 12.9. The van der Waals surface area contributed by atoms with Crippen LogP contribution in [-0.4, -0.2) is 0 Å². The van der Waals surface area contributed by atoms with Gasteiger partial charge < -0.3 is 4.90 Å². The summed E-state index contributed by atoms with van der Waals surface area (Å²) in [5.74, 6) is 0. The monoisotopic (exact) mass is 649 g/mol. The third-order valence-corrected chi connectivity index (χ3v) is 9.85. The van der Waals surface area contributed by atoms with Gasteiger partial charge in [0.25, 0.3) is 0 Å². The third-order valence-electron chi connectivity index (χ3n) is 9.85. The smallest absolute Gasteiger partial charge is 0.0467 e. The van der Waals surface area contributed by atoms with E-state index in [1.807, 2.05) is 0 Å². The number of anilines is 3. The van der Waals surface area contributed by atoms with Crippen molar-refractivity contribution in [3.63, 3.8) is 0 Å². The predicted molar refractivity (Wildman–Crippen MR) is 218 cm³/mol. The van der Waals surface area contributed by atoms with Gasteiger partial charge in [0.05, 0.1) is 0 Å². The van der Waals surface area contributed by atoms with Crippen LogP contribution in [0.1, 0.15) is 0 Å². The van der Waals surface area contributed by atoms with Crippen LogP contribution >= 0.6 is 0 Å².